The SMILES string of the molecule is Cc1c(-c2ccccc2)[nH]c2ccsc2c1=O. The Bertz CT molecular complexity index is 725. The maximum atomic E-state index is 12.2. The number of rotatable bonds is 1. The van der Waals surface area contributed by atoms with Crippen LogP contribution >= 0.6 is 11.3 Å². The van der Waals surface area contributed by atoms with Gasteiger partial charge in [0.05, 0.1) is 15.9 Å². The molecule has 84 valence electrons. The van der Waals surface area contributed by atoms with E-state index in [4.69, 9.17) is 0 Å². The zero-order valence-corrected chi connectivity index (χ0v) is 10.2. The van der Waals surface area contributed by atoms with Crippen molar-refractivity contribution in [1.29, 1.82) is 0 Å². The van der Waals surface area contributed by atoms with Crippen LogP contribution in [0.5, 0.6) is 0 Å². The molecule has 0 radical (unpaired) electrons. The van der Waals surface area contributed by atoms with Gasteiger partial charge in [-0.05, 0) is 23.9 Å². The van der Waals surface area contributed by atoms with Gasteiger partial charge in [0.25, 0.3) is 0 Å². The summed E-state index contributed by atoms with van der Waals surface area (Å²) >= 11 is 1.49. The van der Waals surface area contributed by atoms with Crippen LogP contribution in [-0.2, 0) is 0 Å². The van der Waals surface area contributed by atoms with Crippen LogP contribution in [0.4, 0.5) is 0 Å². The largest absolute Gasteiger partial charge is 0.353 e. The fraction of sp³-hybridized carbons (Fsp3) is 0.0714. The Kier molecular flexibility index (Phi) is 2.34. The van der Waals surface area contributed by atoms with Crippen LogP contribution in [0.15, 0.2) is 46.6 Å². The highest BCUT2D eigenvalue weighted by atomic mass is 32.1. The Morgan fingerprint density at radius 2 is 1.88 bits per heavy atom. The molecule has 1 N–H and O–H groups in total. The molecule has 0 aliphatic carbocycles. The van der Waals surface area contributed by atoms with Crippen LogP contribution in [0, 0.1) is 6.92 Å². The minimum absolute atomic E-state index is 0.132. The van der Waals surface area contributed by atoms with Gasteiger partial charge >= 0.3 is 0 Å². The van der Waals surface area contributed by atoms with Gasteiger partial charge in [-0.1, -0.05) is 30.3 Å². The number of aromatic nitrogens is 1. The van der Waals surface area contributed by atoms with Crippen molar-refractivity contribution in [3.63, 3.8) is 0 Å². The first kappa shape index (κ1) is 10.3. The van der Waals surface area contributed by atoms with Crippen LogP contribution in [0.25, 0.3) is 21.5 Å². The van der Waals surface area contributed by atoms with E-state index in [9.17, 15) is 4.79 Å². The smallest absolute Gasteiger partial charge is 0.202 e. The zero-order chi connectivity index (χ0) is 11.8. The Morgan fingerprint density at radius 1 is 1.12 bits per heavy atom. The third kappa shape index (κ3) is 1.59. The molecule has 3 heteroatoms. The highest BCUT2D eigenvalue weighted by Crippen LogP contribution is 2.23. The lowest BCUT2D eigenvalue weighted by Crippen LogP contribution is -2.07. The molecule has 0 saturated heterocycles. The van der Waals surface area contributed by atoms with E-state index in [0.29, 0.717) is 0 Å². The fourth-order valence-electron chi connectivity index (χ4n) is 1.99. The Balaban J connectivity index is 2.38. The first-order valence-corrected chi connectivity index (χ1v) is 6.31. The Hall–Kier alpha value is -1.87. The summed E-state index contributed by atoms with van der Waals surface area (Å²) in [6, 6.07) is 11.9. The molecule has 0 saturated carbocycles. The van der Waals surface area contributed by atoms with Gasteiger partial charge in [0, 0.05) is 5.56 Å². The number of pyridine rings is 1. The molecule has 17 heavy (non-hydrogen) atoms. The van der Waals surface area contributed by atoms with Crippen molar-refractivity contribution in [3.05, 3.63) is 57.6 Å². The van der Waals surface area contributed by atoms with Crippen molar-refractivity contribution in [2.24, 2.45) is 0 Å². The maximum absolute atomic E-state index is 12.2. The number of H-pyrrole nitrogens is 1. The molecule has 1 aromatic carbocycles. The molecule has 0 aliphatic rings. The number of hydrogen-bond donors (Lipinski definition) is 1. The maximum Gasteiger partial charge on any atom is 0.202 e. The van der Waals surface area contributed by atoms with Crippen molar-refractivity contribution in [2.75, 3.05) is 0 Å². The Labute approximate surface area is 103 Å². The van der Waals surface area contributed by atoms with E-state index in [-0.39, 0.29) is 5.43 Å². The van der Waals surface area contributed by atoms with Crippen molar-refractivity contribution >= 4 is 21.6 Å². The molecule has 0 aliphatic heterocycles. The van der Waals surface area contributed by atoms with Crippen LogP contribution in [0.2, 0.25) is 0 Å². The second-order valence-electron chi connectivity index (χ2n) is 3.98. The standard InChI is InChI=1S/C14H11NOS/c1-9-12(10-5-3-2-4-6-10)15-11-7-8-17-14(11)13(9)16/h2-8H,1H3,(H,15,16). The first-order valence-electron chi connectivity index (χ1n) is 5.43. The molecule has 0 bridgehead atoms. The molecule has 3 aromatic rings. The van der Waals surface area contributed by atoms with Gasteiger partial charge in [-0.15, -0.1) is 11.3 Å². The van der Waals surface area contributed by atoms with Crippen LogP contribution in [0.3, 0.4) is 0 Å². The summed E-state index contributed by atoms with van der Waals surface area (Å²) in [5, 5.41) is 1.94. The number of fused-ring (bicyclic) bond motifs is 1. The van der Waals surface area contributed by atoms with E-state index in [1.54, 1.807) is 0 Å². The highest BCUT2D eigenvalue weighted by Gasteiger charge is 2.10. The predicted molar refractivity (Wildman–Crippen MR) is 72.6 cm³/mol. The van der Waals surface area contributed by atoms with Crippen LogP contribution in [-0.4, -0.2) is 4.98 Å². The number of aromatic amines is 1. The summed E-state index contributed by atoms with van der Waals surface area (Å²) in [6.45, 7) is 1.88. The van der Waals surface area contributed by atoms with Crippen molar-refractivity contribution in [2.45, 2.75) is 6.92 Å². The minimum Gasteiger partial charge on any atom is -0.353 e. The number of nitrogens with one attached hydrogen (secondary N) is 1. The molecule has 0 atom stereocenters. The molecule has 2 nitrogen and oxygen atoms in total. The van der Waals surface area contributed by atoms with Gasteiger partial charge in [-0.2, -0.15) is 0 Å². The second-order valence-corrected chi connectivity index (χ2v) is 4.90. The van der Waals surface area contributed by atoms with Gasteiger partial charge in [0.2, 0.25) is 5.43 Å². The normalized spacial score (nSPS) is 10.9. The van der Waals surface area contributed by atoms with Gasteiger partial charge in [0.1, 0.15) is 0 Å². The van der Waals surface area contributed by atoms with Crippen molar-refractivity contribution < 1.29 is 0 Å². The summed E-state index contributed by atoms with van der Waals surface area (Å²) < 4.78 is 0.808. The topological polar surface area (TPSA) is 32.9 Å². The van der Waals surface area contributed by atoms with Crippen LogP contribution < -0.4 is 5.43 Å². The summed E-state index contributed by atoms with van der Waals surface area (Å²) in [7, 11) is 0. The summed E-state index contributed by atoms with van der Waals surface area (Å²) in [5.74, 6) is 0. The van der Waals surface area contributed by atoms with Gasteiger partial charge in [-0.3, -0.25) is 4.79 Å². The number of thiophene rings is 1. The molecule has 3 rings (SSSR count). The number of benzene rings is 1. The summed E-state index contributed by atoms with van der Waals surface area (Å²) in [5.41, 5.74) is 3.81. The average Bonchev–Trinajstić information content (AvgIpc) is 2.83. The summed E-state index contributed by atoms with van der Waals surface area (Å²) in [6.07, 6.45) is 0. The molecular formula is C14H11NOS. The molecular weight excluding hydrogens is 230 g/mol. The lowest BCUT2D eigenvalue weighted by Gasteiger charge is -2.06. The van der Waals surface area contributed by atoms with E-state index < -0.39 is 0 Å². The molecule has 0 spiro atoms. The van der Waals surface area contributed by atoms with Gasteiger partial charge in [-0.25, -0.2) is 0 Å². The van der Waals surface area contributed by atoms with E-state index in [2.05, 4.69) is 4.98 Å². The quantitative estimate of drug-likeness (QED) is 0.694. The predicted octanol–water partition coefficient (Wildman–Crippen LogP) is 3.57. The minimum atomic E-state index is 0.132. The van der Waals surface area contributed by atoms with Crippen LogP contribution in [0.1, 0.15) is 5.56 Å². The van der Waals surface area contributed by atoms with E-state index in [0.717, 1.165) is 27.0 Å². The summed E-state index contributed by atoms with van der Waals surface area (Å²) in [4.78, 5) is 15.5. The second kappa shape index (κ2) is 3.86. The average molecular weight is 241 g/mol. The van der Waals surface area contributed by atoms with E-state index in [1.807, 2.05) is 48.7 Å². The third-order valence-corrected chi connectivity index (χ3v) is 3.82. The van der Waals surface area contributed by atoms with Gasteiger partial charge < -0.3 is 4.98 Å². The zero-order valence-electron chi connectivity index (χ0n) is 9.36. The van der Waals surface area contributed by atoms with Gasteiger partial charge in [0.15, 0.2) is 0 Å². The van der Waals surface area contributed by atoms with E-state index in [1.165, 1.54) is 11.3 Å². The molecule has 2 aromatic heterocycles. The van der Waals surface area contributed by atoms with Crippen molar-refractivity contribution in [3.8, 4) is 11.3 Å². The number of hydrogen-bond acceptors (Lipinski definition) is 2. The highest BCUT2D eigenvalue weighted by molar-refractivity contribution is 7.17. The Morgan fingerprint density at radius 3 is 2.65 bits per heavy atom. The van der Waals surface area contributed by atoms with E-state index >= 15 is 0 Å². The molecule has 0 unspecified atom stereocenters. The lowest BCUT2D eigenvalue weighted by molar-refractivity contribution is 1.31. The van der Waals surface area contributed by atoms with Crippen molar-refractivity contribution in [1.82, 2.24) is 4.98 Å². The molecule has 2 heterocycles. The molecule has 0 amide bonds. The fourth-order valence-corrected chi connectivity index (χ4v) is 2.84. The molecule has 0 fully saturated rings. The third-order valence-electron chi connectivity index (χ3n) is 2.91. The lowest BCUT2D eigenvalue weighted by atomic mass is 10.1. The first-order chi connectivity index (χ1) is 8.27. The monoisotopic (exact) mass is 241 g/mol.